The molecule has 0 aliphatic carbocycles. The first-order valence-corrected chi connectivity index (χ1v) is 10.5. The van der Waals surface area contributed by atoms with Crippen LogP contribution in [0.3, 0.4) is 0 Å². The summed E-state index contributed by atoms with van der Waals surface area (Å²) in [6.45, 7) is 4.17. The van der Waals surface area contributed by atoms with E-state index < -0.39 is 18.0 Å². The predicted octanol–water partition coefficient (Wildman–Crippen LogP) is 2.48. The van der Waals surface area contributed by atoms with Crippen molar-refractivity contribution in [1.82, 2.24) is 20.5 Å². The largest absolute Gasteiger partial charge is 0.573 e. The van der Waals surface area contributed by atoms with E-state index in [4.69, 9.17) is 9.15 Å². The van der Waals surface area contributed by atoms with E-state index in [1.54, 1.807) is 0 Å². The van der Waals surface area contributed by atoms with E-state index in [0.29, 0.717) is 12.6 Å². The lowest BCUT2D eigenvalue weighted by Gasteiger charge is -2.22. The van der Waals surface area contributed by atoms with Crippen LogP contribution in [0.15, 0.2) is 34.9 Å². The molecule has 2 amide bonds. The third kappa shape index (κ3) is 7.67. The minimum absolute atomic E-state index is 0.0555. The van der Waals surface area contributed by atoms with E-state index in [2.05, 4.69) is 32.2 Å². The molecule has 0 bridgehead atoms. The Kier molecular flexibility index (Phi) is 8.15. The molecule has 1 saturated heterocycles. The van der Waals surface area contributed by atoms with Crippen molar-refractivity contribution in [3.63, 3.8) is 0 Å². The van der Waals surface area contributed by atoms with Gasteiger partial charge in [0.15, 0.2) is 12.3 Å². The molecule has 0 radical (unpaired) electrons. The van der Waals surface area contributed by atoms with Gasteiger partial charge in [-0.05, 0) is 50.2 Å². The number of nitrogens with zero attached hydrogens (tertiary/aromatic N) is 2. The maximum absolute atomic E-state index is 12.3. The first kappa shape index (κ1) is 24.4. The van der Waals surface area contributed by atoms with E-state index in [9.17, 15) is 22.8 Å². The molecular weight excluding hydrogens is 445 g/mol. The number of likely N-dealkylation sites (tertiary alicyclic amines) is 1. The first-order chi connectivity index (χ1) is 15.7. The summed E-state index contributed by atoms with van der Waals surface area (Å²) in [5, 5.41) is 5.38. The van der Waals surface area contributed by atoms with Crippen LogP contribution in [-0.4, -0.2) is 60.3 Å². The van der Waals surface area contributed by atoms with Gasteiger partial charge in [0, 0.05) is 12.6 Å². The van der Waals surface area contributed by atoms with Crippen molar-refractivity contribution >= 4 is 11.8 Å². The molecule has 3 rings (SSSR count). The number of likely N-dealkylation sites (N-methyl/N-ethyl adjacent to an activating group) is 1. The Bertz CT molecular complexity index is 933. The number of hydrogen-bond donors (Lipinski definition) is 2. The number of ether oxygens (including phenoxy) is 2. The van der Waals surface area contributed by atoms with Gasteiger partial charge in [0.1, 0.15) is 17.8 Å². The van der Waals surface area contributed by atoms with E-state index >= 15 is 0 Å². The molecule has 1 aromatic heterocycles. The predicted molar refractivity (Wildman–Crippen MR) is 110 cm³/mol. The van der Waals surface area contributed by atoms with Gasteiger partial charge in [0.2, 0.25) is 5.89 Å². The molecule has 1 atom stereocenters. The number of benzene rings is 1. The number of halogens is 3. The van der Waals surface area contributed by atoms with E-state index in [0.717, 1.165) is 38.1 Å². The molecule has 0 spiro atoms. The lowest BCUT2D eigenvalue weighted by molar-refractivity contribution is -0.274. The van der Waals surface area contributed by atoms with Crippen molar-refractivity contribution in [2.45, 2.75) is 38.7 Å². The Morgan fingerprint density at radius 1 is 1.21 bits per heavy atom. The lowest BCUT2D eigenvalue weighted by atomic mass is 10.2. The molecule has 1 aliphatic heterocycles. The molecule has 2 aromatic rings. The first-order valence-electron chi connectivity index (χ1n) is 10.5. The molecule has 12 heteroatoms. The van der Waals surface area contributed by atoms with Crippen molar-refractivity contribution in [3.8, 4) is 11.5 Å². The minimum Gasteiger partial charge on any atom is -0.484 e. The molecule has 1 aliphatic rings. The van der Waals surface area contributed by atoms with Crippen molar-refractivity contribution < 1.29 is 36.7 Å². The van der Waals surface area contributed by atoms with Crippen LogP contribution in [0.5, 0.6) is 11.5 Å². The highest BCUT2D eigenvalue weighted by molar-refractivity contribution is 5.91. The second kappa shape index (κ2) is 11.0. The van der Waals surface area contributed by atoms with Crippen molar-refractivity contribution in [1.29, 1.82) is 0 Å². The van der Waals surface area contributed by atoms with Gasteiger partial charge in [-0.25, -0.2) is 4.98 Å². The minimum atomic E-state index is -4.78. The second-order valence-corrected chi connectivity index (χ2v) is 7.35. The quantitative estimate of drug-likeness (QED) is 0.550. The molecule has 1 unspecified atom stereocenters. The van der Waals surface area contributed by atoms with Crippen LogP contribution in [0.1, 0.15) is 36.1 Å². The zero-order valence-corrected chi connectivity index (χ0v) is 18.0. The summed E-state index contributed by atoms with van der Waals surface area (Å²) in [4.78, 5) is 30.6. The van der Waals surface area contributed by atoms with E-state index in [-0.39, 0.29) is 36.4 Å². The summed E-state index contributed by atoms with van der Waals surface area (Å²) in [6.07, 6.45) is -1.40. The Morgan fingerprint density at radius 2 is 1.94 bits per heavy atom. The number of oxazole rings is 1. The van der Waals surface area contributed by atoms with Crippen LogP contribution in [0.25, 0.3) is 0 Å². The average Bonchev–Trinajstić information content (AvgIpc) is 3.43. The summed E-state index contributed by atoms with van der Waals surface area (Å²) in [7, 11) is 0. The summed E-state index contributed by atoms with van der Waals surface area (Å²) >= 11 is 0. The van der Waals surface area contributed by atoms with Gasteiger partial charge in [0.25, 0.3) is 11.8 Å². The molecular formula is C21H25F3N4O5. The molecule has 2 heterocycles. The molecule has 180 valence electrons. The van der Waals surface area contributed by atoms with Gasteiger partial charge in [-0.2, -0.15) is 0 Å². The SMILES string of the molecule is CCN1CCCC1CNC(=O)c1coc(CNC(=O)COc2ccc(OC(F)(F)F)cc2)n1. The maximum atomic E-state index is 12.3. The Labute approximate surface area is 188 Å². The van der Waals surface area contributed by atoms with Crippen LogP contribution >= 0.6 is 0 Å². The number of rotatable bonds is 10. The van der Waals surface area contributed by atoms with Gasteiger partial charge in [-0.1, -0.05) is 6.92 Å². The highest BCUT2D eigenvalue weighted by atomic mass is 19.4. The van der Waals surface area contributed by atoms with Gasteiger partial charge < -0.3 is 24.5 Å². The summed E-state index contributed by atoms with van der Waals surface area (Å²) in [6, 6.07) is 4.97. The smallest absolute Gasteiger partial charge is 0.484 e. The number of alkyl halides is 3. The third-order valence-corrected chi connectivity index (χ3v) is 5.05. The average molecular weight is 470 g/mol. The fraction of sp³-hybridized carbons (Fsp3) is 0.476. The van der Waals surface area contributed by atoms with Crippen molar-refractivity contribution in [2.75, 3.05) is 26.2 Å². The topological polar surface area (TPSA) is 106 Å². The van der Waals surface area contributed by atoms with Gasteiger partial charge in [0.05, 0.1) is 6.54 Å². The summed E-state index contributed by atoms with van der Waals surface area (Å²) in [5.41, 5.74) is 0.123. The fourth-order valence-corrected chi connectivity index (χ4v) is 3.45. The van der Waals surface area contributed by atoms with Gasteiger partial charge >= 0.3 is 6.36 Å². The zero-order valence-electron chi connectivity index (χ0n) is 18.0. The number of nitrogens with one attached hydrogen (secondary N) is 2. The molecule has 2 N–H and O–H groups in total. The highest BCUT2D eigenvalue weighted by Gasteiger charge is 2.31. The Hall–Kier alpha value is -3.28. The number of carbonyl (C=O) groups excluding carboxylic acids is 2. The van der Waals surface area contributed by atoms with Crippen LogP contribution in [0.4, 0.5) is 13.2 Å². The molecule has 1 aromatic carbocycles. The van der Waals surface area contributed by atoms with E-state index in [1.807, 2.05) is 0 Å². The summed E-state index contributed by atoms with van der Waals surface area (Å²) < 4.78 is 50.7. The van der Waals surface area contributed by atoms with Gasteiger partial charge in [-0.15, -0.1) is 13.2 Å². The number of aromatic nitrogens is 1. The monoisotopic (exact) mass is 470 g/mol. The Balaban J connectivity index is 1.38. The molecule has 1 fully saturated rings. The lowest BCUT2D eigenvalue weighted by Crippen LogP contribution is -2.40. The van der Waals surface area contributed by atoms with Crippen LogP contribution < -0.4 is 20.1 Å². The molecule has 9 nitrogen and oxygen atoms in total. The third-order valence-electron chi connectivity index (χ3n) is 5.05. The fourth-order valence-electron chi connectivity index (χ4n) is 3.45. The van der Waals surface area contributed by atoms with E-state index in [1.165, 1.54) is 18.4 Å². The zero-order chi connectivity index (χ0) is 23.8. The Morgan fingerprint density at radius 3 is 2.64 bits per heavy atom. The summed E-state index contributed by atoms with van der Waals surface area (Å²) in [5.74, 6) is -0.901. The number of carbonyl (C=O) groups is 2. The van der Waals surface area contributed by atoms with Crippen LogP contribution in [0.2, 0.25) is 0 Å². The van der Waals surface area contributed by atoms with Crippen LogP contribution in [0, 0.1) is 0 Å². The second-order valence-electron chi connectivity index (χ2n) is 7.35. The number of amides is 2. The van der Waals surface area contributed by atoms with Crippen molar-refractivity contribution in [3.05, 3.63) is 42.1 Å². The van der Waals surface area contributed by atoms with Crippen molar-refractivity contribution in [2.24, 2.45) is 0 Å². The number of hydrogen-bond acceptors (Lipinski definition) is 7. The molecule has 0 saturated carbocycles. The normalized spacial score (nSPS) is 16.4. The standard InChI is InChI=1S/C21H25F3N4O5/c1-2-28-9-3-4-14(28)10-26-20(30)17-12-32-19(27-17)11-25-18(29)13-31-15-5-7-16(8-6-15)33-21(22,23)24/h5-8,12,14H,2-4,9-11,13H2,1H3,(H,25,29)(H,26,30). The highest BCUT2D eigenvalue weighted by Crippen LogP contribution is 2.24. The van der Waals surface area contributed by atoms with Gasteiger partial charge in [-0.3, -0.25) is 14.5 Å². The maximum Gasteiger partial charge on any atom is 0.573 e. The molecule has 33 heavy (non-hydrogen) atoms. The van der Waals surface area contributed by atoms with Crippen LogP contribution in [-0.2, 0) is 11.3 Å².